The number of pyridine rings is 1. The van der Waals surface area contributed by atoms with Crippen LogP contribution < -0.4 is 5.32 Å². The maximum Gasteiger partial charge on any atom is 0.407 e. The first-order valence-corrected chi connectivity index (χ1v) is 7.21. The number of alkyl carbamates (subject to hydrolysis) is 1. The molecule has 5 nitrogen and oxygen atoms in total. The molecule has 0 spiro atoms. The van der Waals surface area contributed by atoms with E-state index in [2.05, 4.69) is 15.3 Å². The van der Waals surface area contributed by atoms with Gasteiger partial charge in [0.05, 0.1) is 11.3 Å². The summed E-state index contributed by atoms with van der Waals surface area (Å²) in [6.07, 6.45) is 2.44. The van der Waals surface area contributed by atoms with Gasteiger partial charge in [0.1, 0.15) is 5.60 Å². The van der Waals surface area contributed by atoms with Crippen molar-refractivity contribution in [3.63, 3.8) is 0 Å². The average molecular weight is 323 g/mol. The fourth-order valence-corrected chi connectivity index (χ4v) is 2.01. The second kappa shape index (κ2) is 6.76. The van der Waals surface area contributed by atoms with Gasteiger partial charge in [-0.25, -0.2) is 14.2 Å². The molecule has 0 saturated carbocycles. The Hall–Kier alpha value is -2.44. The SMILES string of the molecule is CC(C)(C)OC(=O)NCCc1c[nH]c(-c2cccnc2F)c1F. The molecule has 0 atom stereocenters. The molecule has 2 aromatic rings. The molecule has 0 aliphatic rings. The first-order valence-electron chi connectivity index (χ1n) is 7.21. The van der Waals surface area contributed by atoms with Crippen LogP contribution >= 0.6 is 0 Å². The standard InChI is InChI=1S/C16H19F2N3O2/c1-16(2,3)23-15(22)20-8-6-10-9-21-13(12(10)17)11-5-4-7-19-14(11)18/h4-5,7,9,21H,6,8H2,1-3H3,(H,20,22). The highest BCUT2D eigenvalue weighted by Crippen LogP contribution is 2.25. The molecule has 2 N–H and O–H groups in total. The molecule has 23 heavy (non-hydrogen) atoms. The van der Waals surface area contributed by atoms with Crippen LogP contribution in [0.15, 0.2) is 24.5 Å². The predicted molar refractivity (Wildman–Crippen MR) is 81.9 cm³/mol. The van der Waals surface area contributed by atoms with Gasteiger partial charge in [-0.05, 0) is 39.3 Å². The van der Waals surface area contributed by atoms with Crippen molar-refractivity contribution in [2.45, 2.75) is 32.8 Å². The molecule has 0 aliphatic heterocycles. The van der Waals surface area contributed by atoms with Crippen molar-refractivity contribution in [1.82, 2.24) is 15.3 Å². The number of hydrogen-bond acceptors (Lipinski definition) is 3. The molecule has 0 radical (unpaired) electrons. The van der Waals surface area contributed by atoms with E-state index in [1.807, 2.05) is 0 Å². The van der Waals surface area contributed by atoms with Crippen LogP contribution in [0, 0.1) is 11.8 Å². The fourth-order valence-electron chi connectivity index (χ4n) is 2.01. The molecule has 0 aromatic carbocycles. The largest absolute Gasteiger partial charge is 0.444 e. The number of H-pyrrole nitrogens is 1. The predicted octanol–water partition coefficient (Wildman–Crippen LogP) is 3.42. The summed E-state index contributed by atoms with van der Waals surface area (Å²) in [6, 6.07) is 2.97. The third-order valence-electron chi connectivity index (χ3n) is 2.98. The lowest BCUT2D eigenvalue weighted by Crippen LogP contribution is -2.33. The van der Waals surface area contributed by atoms with Crippen LogP contribution in [0.25, 0.3) is 11.3 Å². The van der Waals surface area contributed by atoms with Crippen LogP contribution in [0.5, 0.6) is 0 Å². The monoisotopic (exact) mass is 323 g/mol. The zero-order valence-corrected chi connectivity index (χ0v) is 13.2. The molecule has 2 heterocycles. The number of rotatable bonds is 4. The van der Waals surface area contributed by atoms with E-state index in [0.717, 1.165) is 0 Å². The molecule has 0 fully saturated rings. The van der Waals surface area contributed by atoms with Crippen molar-refractivity contribution in [3.8, 4) is 11.3 Å². The number of carbonyl (C=O) groups excluding carboxylic acids is 1. The molecular weight excluding hydrogens is 304 g/mol. The van der Waals surface area contributed by atoms with E-state index in [1.165, 1.54) is 24.5 Å². The minimum Gasteiger partial charge on any atom is -0.444 e. The molecule has 0 unspecified atom stereocenters. The van der Waals surface area contributed by atoms with Crippen molar-refractivity contribution < 1.29 is 18.3 Å². The molecule has 2 aromatic heterocycles. The Bertz CT molecular complexity index is 693. The zero-order valence-electron chi connectivity index (χ0n) is 13.2. The Kier molecular flexibility index (Phi) is 4.98. The molecule has 0 bridgehead atoms. The number of nitrogens with one attached hydrogen (secondary N) is 2. The maximum atomic E-state index is 14.3. The quantitative estimate of drug-likeness (QED) is 0.847. The zero-order chi connectivity index (χ0) is 17.0. The second-order valence-electron chi connectivity index (χ2n) is 6.02. The summed E-state index contributed by atoms with van der Waals surface area (Å²) in [5.74, 6) is -1.30. The number of aromatic nitrogens is 2. The molecule has 7 heteroatoms. The Morgan fingerprint density at radius 1 is 1.39 bits per heavy atom. The lowest BCUT2D eigenvalue weighted by atomic mass is 10.1. The lowest BCUT2D eigenvalue weighted by molar-refractivity contribution is 0.0528. The number of halogens is 2. The maximum absolute atomic E-state index is 14.3. The van der Waals surface area contributed by atoms with E-state index in [0.29, 0.717) is 5.56 Å². The van der Waals surface area contributed by atoms with Gasteiger partial charge in [-0.3, -0.25) is 0 Å². The summed E-state index contributed by atoms with van der Waals surface area (Å²) in [7, 11) is 0. The highest BCUT2D eigenvalue weighted by Gasteiger charge is 2.18. The number of ether oxygens (including phenoxy) is 1. The van der Waals surface area contributed by atoms with Gasteiger partial charge in [0.2, 0.25) is 5.95 Å². The van der Waals surface area contributed by atoms with Gasteiger partial charge >= 0.3 is 6.09 Å². The molecule has 124 valence electrons. The molecule has 0 aliphatic carbocycles. The van der Waals surface area contributed by atoms with Crippen LogP contribution in [-0.2, 0) is 11.2 Å². The Labute approximate surface area is 133 Å². The van der Waals surface area contributed by atoms with E-state index in [4.69, 9.17) is 4.74 Å². The first-order chi connectivity index (χ1) is 10.8. The van der Waals surface area contributed by atoms with Crippen molar-refractivity contribution in [2.75, 3.05) is 6.54 Å². The minimum atomic E-state index is -0.744. The number of nitrogens with zero attached hydrogens (tertiary/aromatic N) is 1. The minimum absolute atomic E-state index is 0.0443. The molecular formula is C16H19F2N3O2. The number of carbonyl (C=O) groups is 1. The average Bonchev–Trinajstić information content (AvgIpc) is 2.79. The summed E-state index contributed by atoms with van der Waals surface area (Å²) >= 11 is 0. The topological polar surface area (TPSA) is 67.0 Å². The third-order valence-corrected chi connectivity index (χ3v) is 2.98. The van der Waals surface area contributed by atoms with Gasteiger partial charge in [0.25, 0.3) is 0 Å². The number of amides is 1. The van der Waals surface area contributed by atoms with E-state index in [-0.39, 0.29) is 24.2 Å². The van der Waals surface area contributed by atoms with E-state index >= 15 is 0 Å². The number of hydrogen-bond donors (Lipinski definition) is 2. The Morgan fingerprint density at radius 3 is 2.78 bits per heavy atom. The second-order valence-corrected chi connectivity index (χ2v) is 6.02. The summed E-state index contributed by atoms with van der Waals surface area (Å²) in [6.45, 7) is 5.48. The summed E-state index contributed by atoms with van der Waals surface area (Å²) < 4.78 is 33.0. The van der Waals surface area contributed by atoms with Crippen LogP contribution in [-0.4, -0.2) is 28.2 Å². The van der Waals surface area contributed by atoms with Gasteiger partial charge in [-0.1, -0.05) is 0 Å². The van der Waals surface area contributed by atoms with E-state index < -0.39 is 23.5 Å². The van der Waals surface area contributed by atoms with E-state index in [1.54, 1.807) is 20.8 Å². The van der Waals surface area contributed by atoms with Gasteiger partial charge in [0.15, 0.2) is 5.82 Å². The van der Waals surface area contributed by atoms with Gasteiger partial charge in [-0.15, -0.1) is 0 Å². The highest BCUT2D eigenvalue weighted by atomic mass is 19.1. The summed E-state index contributed by atoms with van der Waals surface area (Å²) in [5.41, 5.74) is -0.132. The Morgan fingerprint density at radius 2 is 2.13 bits per heavy atom. The molecule has 2 rings (SSSR count). The van der Waals surface area contributed by atoms with Crippen LogP contribution in [0.1, 0.15) is 26.3 Å². The smallest absolute Gasteiger partial charge is 0.407 e. The van der Waals surface area contributed by atoms with Crippen molar-refractivity contribution in [2.24, 2.45) is 0 Å². The first kappa shape index (κ1) is 16.9. The highest BCUT2D eigenvalue weighted by molar-refractivity contribution is 5.67. The Balaban J connectivity index is 1.98. The molecule has 0 saturated heterocycles. The number of aromatic amines is 1. The van der Waals surface area contributed by atoms with Gasteiger partial charge in [-0.2, -0.15) is 4.39 Å². The van der Waals surface area contributed by atoms with Crippen molar-refractivity contribution in [3.05, 3.63) is 41.9 Å². The van der Waals surface area contributed by atoms with Crippen LogP contribution in [0.2, 0.25) is 0 Å². The van der Waals surface area contributed by atoms with E-state index in [9.17, 15) is 13.6 Å². The van der Waals surface area contributed by atoms with Gasteiger partial charge in [0, 0.05) is 24.5 Å². The van der Waals surface area contributed by atoms with Crippen molar-refractivity contribution in [1.29, 1.82) is 0 Å². The van der Waals surface area contributed by atoms with Crippen LogP contribution in [0.3, 0.4) is 0 Å². The third kappa shape index (κ3) is 4.51. The summed E-state index contributed by atoms with van der Waals surface area (Å²) in [4.78, 5) is 17.7. The molecule has 1 amide bonds. The normalized spacial score (nSPS) is 11.3. The van der Waals surface area contributed by atoms with Gasteiger partial charge < -0.3 is 15.0 Å². The fraction of sp³-hybridized carbons (Fsp3) is 0.375. The van der Waals surface area contributed by atoms with Crippen molar-refractivity contribution >= 4 is 6.09 Å². The lowest BCUT2D eigenvalue weighted by Gasteiger charge is -2.19. The van der Waals surface area contributed by atoms with Crippen LogP contribution in [0.4, 0.5) is 13.6 Å². The summed E-state index contributed by atoms with van der Waals surface area (Å²) in [5, 5.41) is 2.55.